The molecule has 0 saturated carbocycles. The Morgan fingerprint density at radius 3 is 2.51 bits per heavy atom. The monoisotopic (exact) mass is 581 g/mol. The number of hydrazone groups is 1. The summed E-state index contributed by atoms with van der Waals surface area (Å²) in [6.07, 6.45) is 1.49. The predicted octanol–water partition coefficient (Wildman–Crippen LogP) is 6.90. The van der Waals surface area contributed by atoms with Gasteiger partial charge in [-0.2, -0.15) is 5.10 Å². The van der Waals surface area contributed by atoms with Gasteiger partial charge >= 0.3 is 5.97 Å². The van der Waals surface area contributed by atoms with E-state index in [9.17, 15) is 9.59 Å². The molecular weight excluding hydrogens is 558 g/mol. The number of aryl methyl sites for hydroxylation is 1. The first-order valence-corrected chi connectivity index (χ1v) is 12.9. The number of nitrogens with one attached hydrogen (secondary N) is 2. The normalized spacial score (nSPS) is 11.1. The molecule has 0 aliphatic carbocycles. The van der Waals surface area contributed by atoms with Crippen molar-refractivity contribution in [2.24, 2.45) is 5.10 Å². The van der Waals surface area contributed by atoms with E-state index in [0.717, 1.165) is 32.1 Å². The molecule has 8 heteroatoms. The summed E-state index contributed by atoms with van der Waals surface area (Å²) in [5.41, 5.74) is 7.61. The van der Waals surface area contributed by atoms with Crippen LogP contribution in [0.3, 0.4) is 0 Å². The fraction of sp³-hybridized carbons (Fsp3) is 0.0645. The first kappa shape index (κ1) is 25.9. The molecule has 39 heavy (non-hydrogen) atoms. The molecule has 0 aliphatic rings. The molecule has 0 bridgehead atoms. The van der Waals surface area contributed by atoms with Gasteiger partial charge in [-0.1, -0.05) is 64.0 Å². The maximum Gasteiger partial charge on any atom is 0.343 e. The number of nitrogens with zero attached hydrogens (tertiary/aromatic N) is 1. The molecule has 4 aromatic carbocycles. The van der Waals surface area contributed by atoms with Gasteiger partial charge in [0.2, 0.25) is 0 Å². The second-order valence-electron chi connectivity index (χ2n) is 8.80. The van der Waals surface area contributed by atoms with Gasteiger partial charge in [0.05, 0.1) is 18.9 Å². The van der Waals surface area contributed by atoms with E-state index < -0.39 is 5.97 Å². The minimum absolute atomic E-state index is 0.280. The molecule has 2 N–H and O–H groups in total. The quantitative estimate of drug-likeness (QED) is 0.0946. The summed E-state index contributed by atoms with van der Waals surface area (Å²) >= 11 is 3.52. The lowest BCUT2D eigenvalue weighted by molar-refractivity contribution is 0.0729. The molecule has 0 fully saturated rings. The summed E-state index contributed by atoms with van der Waals surface area (Å²) in [6.45, 7) is 1.91. The zero-order valence-corrected chi connectivity index (χ0v) is 22.8. The molecule has 0 unspecified atom stereocenters. The number of hydrogen-bond acceptors (Lipinski definition) is 5. The van der Waals surface area contributed by atoms with Crippen LogP contribution in [0.25, 0.3) is 22.0 Å². The van der Waals surface area contributed by atoms with Crippen LogP contribution in [0.1, 0.15) is 32.0 Å². The van der Waals surface area contributed by atoms with Gasteiger partial charge in [0.25, 0.3) is 5.91 Å². The Morgan fingerprint density at radius 2 is 1.74 bits per heavy atom. The van der Waals surface area contributed by atoms with Crippen LogP contribution in [-0.4, -0.2) is 30.2 Å². The Hall–Kier alpha value is -4.69. The Labute approximate surface area is 233 Å². The Kier molecular flexibility index (Phi) is 7.56. The number of amides is 1. The van der Waals surface area contributed by atoms with E-state index in [2.05, 4.69) is 31.4 Å². The molecule has 1 heterocycles. The highest BCUT2D eigenvalue weighted by molar-refractivity contribution is 9.10. The number of rotatable bonds is 7. The summed E-state index contributed by atoms with van der Waals surface area (Å²) in [7, 11) is 1.49. The van der Waals surface area contributed by atoms with Crippen LogP contribution >= 0.6 is 15.9 Å². The van der Waals surface area contributed by atoms with Gasteiger partial charge in [-0.15, -0.1) is 0 Å². The predicted molar refractivity (Wildman–Crippen MR) is 156 cm³/mol. The van der Waals surface area contributed by atoms with E-state index in [1.54, 1.807) is 36.4 Å². The first-order valence-electron chi connectivity index (χ1n) is 12.1. The molecule has 7 nitrogen and oxygen atoms in total. The lowest BCUT2D eigenvalue weighted by atomic mass is 10.0. The molecule has 1 amide bonds. The van der Waals surface area contributed by atoms with E-state index in [4.69, 9.17) is 9.47 Å². The maximum atomic E-state index is 13.2. The van der Waals surface area contributed by atoms with Crippen LogP contribution in [0.4, 0.5) is 0 Å². The van der Waals surface area contributed by atoms with Gasteiger partial charge in [-0.3, -0.25) is 4.79 Å². The van der Waals surface area contributed by atoms with Gasteiger partial charge in [0.15, 0.2) is 11.5 Å². The van der Waals surface area contributed by atoms with Gasteiger partial charge in [-0.05, 0) is 66.6 Å². The zero-order valence-electron chi connectivity index (χ0n) is 21.2. The van der Waals surface area contributed by atoms with Crippen molar-refractivity contribution < 1.29 is 19.1 Å². The maximum absolute atomic E-state index is 13.2. The topological polar surface area (TPSA) is 92.8 Å². The molecular formula is C31H24BrN3O4. The average Bonchev–Trinajstić information content (AvgIpc) is 3.33. The number of halogens is 1. The number of benzene rings is 4. The Bertz CT molecular complexity index is 1710. The fourth-order valence-electron chi connectivity index (χ4n) is 4.24. The van der Waals surface area contributed by atoms with Crippen molar-refractivity contribution in [2.75, 3.05) is 7.11 Å². The Balaban J connectivity index is 1.35. The third kappa shape index (κ3) is 5.76. The van der Waals surface area contributed by atoms with Crippen molar-refractivity contribution in [1.29, 1.82) is 0 Å². The second-order valence-corrected chi connectivity index (χ2v) is 9.72. The van der Waals surface area contributed by atoms with Crippen LogP contribution in [0.15, 0.2) is 101 Å². The van der Waals surface area contributed by atoms with E-state index in [1.165, 1.54) is 13.3 Å². The number of fused-ring (bicyclic) bond motifs is 1. The van der Waals surface area contributed by atoms with Crippen molar-refractivity contribution in [1.82, 2.24) is 10.4 Å². The van der Waals surface area contributed by atoms with Gasteiger partial charge in [0, 0.05) is 20.9 Å². The van der Waals surface area contributed by atoms with Crippen molar-refractivity contribution in [3.8, 4) is 22.6 Å². The highest BCUT2D eigenvalue weighted by Crippen LogP contribution is 2.34. The SMILES string of the molecule is COc1cc(C=NNC(=O)c2[nH]c3ccc(Br)cc3c2-c2ccccc2)ccc1OC(=O)c1cccc(C)c1. The molecule has 5 rings (SSSR count). The first-order chi connectivity index (χ1) is 18.9. The number of ether oxygens (including phenoxy) is 2. The summed E-state index contributed by atoms with van der Waals surface area (Å²) in [5, 5.41) is 5.07. The summed E-state index contributed by atoms with van der Waals surface area (Å²) < 4.78 is 11.9. The molecule has 194 valence electrons. The van der Waals surface area contributed by atoms with Crippen molar-refractivity contribution in [3.05, 3.63) is 118 Å². The minimum atomic E-state index is -0.481. The van der Waals surface area contributed by atoms with E-state index in [0.29, 0.717) is 22.6 Å². The smallest absolute Gasteiger partial charge is 0.343 e. The third-order valence-electron chi connectivity index (χ3n) is 6.07. The molecule has 0 radical (unpaired) electrons. The van der Waals surface area contributed by atoms with Crippen LogP contribution < -0.4 is 14.9 Å². The molecule has 0 atom stereocenters. The lowest BCUT2D eigenvalue weighted by Crippen LogP contribution is -2.18. The number of carbonyl (C=O) groups is 2. The summed E-state index contributed by atoms with van der Waals surface area (Å²) in [5.74, 6) is -0.223. The standard InChI is InChI=1S/C31H24BrN3O4/c1-19-7-6-10-22(15-19)31(37)39-26-14-11-20(16-27(26)38-2)18-33-35-30(36)29-28(21-8-4-3-5-9-21)24-17-23(32)12-13-25(24)34-29/h3-18,34H,1-2H3,(H,35,36). The number of carbonyl (C=O) groups excluding carboxylic acids is 2. The minimum Gasteiger partial charge on any atom is -0.493 e. The number of hydrogen-bond donors (Lipinski definition) is 2. The zero-order chi connectivity index (χ0) is 27.4. The van der Waals surface area contributed by atoms with Crippen molar-refractivity contribution >= 4 is 44.9 Å². The van der Waals surface area contributed by atoms with Gasteiger partial charge in [0.1, 0.15) is 5.69 Å². The van der Waals surface area contributed by atoms with Crippen LogP contribution in [0.5, 0.6) is 11.5 Å². The van der Waals surface area contributed by atoms with Crippen LogP contribution in [0.2, 0.25) is 0 Å². The number of H-pyrrole nitrogens is 1. The van der Waals surface area contributed by atoms with Gasteiger partial charge in [-0.25, -0.2) is 10.2 Å². The summed E-state index contributed by atoms with van der Waals surface area (Å²) in [6, 6.07) is 27.7. The van der Waals surface area contributed by atoms with Crippen LogP contribution in [0, 0.1) is 6.92 Å². The van der Waals surface area contributed by atoms with E-state index in [1.807, 2.05) is 61.5 Å². The molecule has 0 aliphatic heterocycles. The number of aromatic nitrogens is 1. The van der Waals surface area contributed by atoms with Crippen molar-refractivity contribution in [3.63, 3.8) is 0 Å². The number of esters is 1. The molecule has 1 aromatic heterocycles. The highest BCUT2D eigenvalue weighted by atomic mass is 79.9. The molecule has 5 aromatic rings. The molecule has 0 saturated heterocycles. The van der Waals surface area contributed by atoms with Crippen molar-refractivity contribution in [2.45, 2.75) is 6.92 Å². The lowest BCUT2D eigenvalue weighted by Gasteiger charge is -2.10. The number of aromatic amines is 1. The largest absolute Gasteiger partial charge is 0.493 e. The highest BCUT2D eigenvalue weighted by Gasteiger charge is 2.19. The average molecular weight is 582 g/mol. The van der Waals surface area contributed by atoms with Gasteiger partial charge < -0.3 is 14.5 Å². The number of methoxy groups -OCH3 is 1. The Morgan fingerprint density at radius 1 is 0.923 bits per heavy atom. The molecule has 0 spiro atoms. The third-order valence-corrected chi connectivity index (χ3v) is 6.57. The second kappa shape index (κ2) is 11.4. The van der Waals surface area contributed by atoms with E-state index >= 15 is 0 Å². The fourth-order valence-corrected chi connectivity index (χ4v) is 4.60. The van der Waals surface area contributed by atoms with Crippen LogP contribution in [-0.2, 0) is 0 Å². The van der Waals surface area contributed by atoms with E-state index in [-0.39, 0.29) is 11.7 Å². The summed E-state index contributed by atoms with van der Waals surface area (Å²) in [4.78, 5) is 29.0.